The summed E-state index contributed by atoms with van der Waals surface area (Å²) in [6.07, 6.45) is 4.06. The molecule has 6 nitrogen and oxygen atoms in total. The van der Waals surface area contributed by atoms with E-state index in [0.29, 0.717) is 13.1 Å². The lowest BCUT2D eigenvalue weighted by Crippen LogP contribution is -2.42. The highest BCUT2D eigenvalue weighted by Gasteiger charge is 2.26. The average Bonchev–Trinajstić information content (AvgIpc) is 2.98. The molecule has 6 heteroatoms. The Morgan fingerprint density at radius 3 is 2.32 bits per heavy atom. The molecule has 22 heavy (non-hydrogen) atoms. The number of nitrogens with zero attached hydrogens (tertiary/aromatic N) is 2. The minimum Gasteiger partial charge on any atom is -0.357 e. The molecule has 0 aliphatic heterocycles. The van der Waals surface area contributed by atoms with Crippen molar-refractivity contribution in [2.45, 2.75) is 34.2 Å². The molecule has 1 rings (SSSR count). The van der Waals surface area contributed by atoms with Crippen molar-refractivity contribution in [3.8, 4) is 0 Å². The van der Waals surface area contributed by atoms with Gasteiger partial charge in [0.15, 0.2) is 5.96 Å². The summed E-state index contributed by atoms with van der Waals surface area (Å²) in [6.45, 7) is 11.3. The van der Waals surface area contributed by atoms with Crippen LogP contribution in [0.1, 0.15) is 27.7 Å². The third kappa shape index (κ3) is 6.20. The molecule has 1 heterocycles. The predicted molar refractivity (Wildman–Crippen MR) is 90.9 cm³/mol. The van der Waals surface area contributed by atoms with Crippen LogP contribution in [0.2, 0.25) is 0 Å². The summed E-state index contributed by atoms with van der Waals surface area (Å²) in [6, 6.07) is 4.02. The summed E-state index contributed by atoms with van der Waals surface area (Å²) in [5.74, 6) is 0.772. The lowest BCUT2D eigenvalue weighted by Gasteiger charge is -2.22. The molecule has 0 atom stereocenters. The van der Waals surface area contributed by atoms with Gasteiger partial charge < -0.3 is 20.5 Å². The lowest BCUT2D eigenvalue weighted by atomic mass is 9.92. The summed E-state index contributed by atoms with van der Waals surface area (Å²) in [7, 11) is 0. The zero-order chi connectivity index (χ0) is 16.4. The first-order chi connectivity index (χ1) is 10.5. The molecule has 124 valence electrons. The number of rotatable bonds is 8. The third-order valence-electron chi connectivity index (χ3n) is 3.26. The Labute approximate surface area is 133 Å². The number of hydrogen-bond acceptors (Lipinski definition) is 2. The van der Waals surface area contributed by atoms with Gasteiger partial charge in [0.25, 0.3) is 0 Å². The van der Waals surface area contributed by atoms with Crippen LogP contribution in [0, 0.1) is 5.41 Å². The van der Waals surface area contributed by atoms with Crippen LogP contribution >= 0.6 is 0 Å². The molecule has 0 radical (unpaired) electrons. The number of carbonyl (C=O) groups is 1. The normalized spacial score (nSPS) is 12.1. The van der Waals surface area contributed by atoms with Gasteiger partial charge in [0.2, 0.25) is 5.91 Å². The van der Waals surface area contributed by atoms with Gasteiger partial charge in [-0.15, -0.1) is 0 Å². The van der Waals surface area contributed by atoms with E-state index >= 15 is 0 Å². The van der Waals surface area contributed by atoms with Crippen molar-refractivity contribution in [3.05, 3.63) is 24.5 Å². The molecule has 1 aromatic heterocycles. The van der Waals surface area contributed by atoms with Gasteiger partial charge in [-0.1, -0.05) is 0 Å². The van der Waals surface area contributed by atoms with Gasteiger partial charge in [0.1, 0.15) is 0 Å². The maximum atomic E-state index is 12.0. The molecular weight excluding hydrogens is 278 g/mol. The number of aliphatic imine (C=N–C) groups is 1. The van der Waals surface area contributed by atoms with E-state index in [2.05, 4.69) is 25.5 Å². The molecule has 3 N–H and O–H groups in total. The van der Waals surface area contributed by atoms with E-state index in [1.807, 2.05) is 52.2 Å². The van der Waals surface area contributed by atoms with Gasteiger partial charge >= 0.3 is 0 Å². The van der Waals surface area contributed by atoms with Gasteiger partial charge in [0, 0.05) is 38.6 Å². The molecule has 0 saturated heterocycles. The lowest BCUT2D eigenvalue weighted by molar-refractivity contribution is -0.128. The Bertz CT molecular complexity index is 465. The number of amides is 1. The number of hydrogen-bond donors (Lipinski definition) is 3. The highest BCUT2D eigenvalue weighted by molar-refractivity contribution is 5.83. The van der Waals surface area contributed by atoms with Gasteiger partial charge in [-0.05, 0) is 39.8 Å². The Kier molecular flexibility index (Phi) is 7.49. The van der Waals surface area contributed by atoms with Gasteiger partial charge in [-0.25, -0.2) is 0 Å². The monoisotopic (exact) mass is 307 g/mol. The smallest absolute Gasteiger partial charge is 0.227 e. The molecule has 0 aliphatic carbocycles. The van der Waals surface area contributed by atoms with Crippen molar-refractivity contribution < 1.29 is 4.79 Å². The zero-order valence-electron chi connectivity index (χ0n) is 14.1. The first-order valence-electron chi connectivity index (χ1n) is 7.91. The van der Waals surface area contributed by atoms with Crippen molar-refractivity contribution in [1.29, 1.82) is 0 Å². The third-order valence-corrected chi connectivity index (χ3v) is 3.26. The highest BCUT2D eigenvalue weighted by atomic mass is 16.2. The second-order valence-electron chi connectivity index (χ2n) is 5.79. The summed E-state index contributed by atoms with van der Waals surface area (Å²) < 4.78 is 2.11. The molecule has 0 fully saturated rings. The molecule has 0 bridgehead atoms. The van der Waals surface area contributed by atoms with Crippen LogP contribution in [-0.2, 0) is 11.3 Å². The minimum absolute atomic E-state index is 0.0296. The quantitative estimate of drug-likeness (QED) is 0.499. The van der Waals surface area contributed by atoms with Crippen LogP contribution in [0.5, 0.6) is 0 Å². The van der Waals surface area contributed by atoms with Crippen LogP contribution in [0.15, 0.2) is 29.5 Å². The van der Waals surface area contributed by atoms with E-state index in [0.717, 1.165) is 25.6 Å². The van der Waals surface area contributed by atoms with Gasteiger partial charge in [-0.2, -0.15) is 0 Å². The second kappa shape index (κ2) is 9.12. The van der Waals surface area contributed by atoms with Gasteiger partial charge in [-0.3, -0.25) is 9.79 Å². The van der Waals surface area contributed by atoms with Crippen molar-refractivity contribution in [2.24, 2.45) is 10.4 Å². The SMILES string of the molecule is CCNC(=O)C(C)(C)CN=C(NCC)NCCn1cccc1. The van der Waals surface area contributed by atoms with E-state index in [9.17, 15) is 4.79 Å². The molecule has 0 saturated carbocycles. The molecule has 0 aromatic carbocycles. The summed E-state index contributed by atoms with van der Waals surface area (Å²) in [4.78, 5) is 16.5. The second-order valence-corrected chi connectivity index (χ2v) is 5.79. The molecular formula is C16H29N5O. The highest BCUT2D eigenvalue weighted by Crippen LogP contribution is 2.15. The Balaban J connectivity index is 2.51. The molecule has 0 aliphatic rings. The first kappa shape index (κ1) is 18.1. The number of carbonyl (C=O) groups excluding carboxylic acids is 1. The van der Waals surface area contributed by atoms with Crippen molar-refractivity contribution in [1.82, 2.24) is 20.5 Å². The number of aromatic nitrogens is 1. The minimum atomic E-state index is -0.515. The van der Waals surface area contributed by atoms with E-state index in [4.69, 9.17) is 0 Å². The van der Waals surface area contributed by atoms with Crippen LogP contribution < -0.4 is 16.0 Å². The molecule has 1 amide bonds. The van der Waals surface area contributed by atoms with Crippen LogP contribution in [0.25, 0.3) is 0 Å². The van der Waals surface area contributed by atoms with Crippen molar-refractivity contribution in [2.75, 3.05) is 26.2 Å². The standard InChI is InChI=1S/C16H29N5O/c1-5-17-14(22)16(3,4)13-20-15(18-6-2)19-9-12-21-10-7-8-11-21/h7-8,10-11H,5-6,9,12-13H2,1-4H3,(H,17,22)(H2,18,19,20). The maximum Gasteiger partial charge on any atom is 0.227 e. The van der Waals surface area contributed by atoms with Crippen LogP contribution in [0.3, 0.4) is 0 Å². The Morgan fingerprint density at radius 1 is 1.09 bits per heavy atom. The molecule has 0 unspecified atom stereocenters. The van der Waals surface area contributed by atoms with Crippen molar-refractivity contribution >= 4 is 11.9 Å². The van der Waals surface area contributed by atoms with Gasteiger partial charge in [0.05, 0.1) is 12.0 Å². The fourth-order valence-electron chi connectivity index (χ4n) is 1.91. The molecule has 1 aromatic rings. The number of guanidine groups is 1. The summed E-state index contributed by atoms with van der Waals surface area (Å²) in [5, 5.41) is 9.34. The maximum absolute atomic E-state index is 12.0. The first-order valence-corrected chi connectivity index (χ1v) is 7.91. The number of nitrogens with one attached hydrogen (secondary N) is 3. The van der Waals surface area contributed by atoms with E-state index < -0.39 is 5.41 Å². The fraction of sp³-hybridized carbons (Fsp3) is 0.625. The largest absolute Gasteiger partial charge is 0.357 e. The van der Waals surface area contributed by atoms with Crippen LogP contribution in [-0.4, -0.2) is 42.6 Å². The fourth-order valence-corrected chi connectivity index (χ4v) is 1.91. The zero-order valence-corrected chi connectivity index (χ0v) is 14.1. The molecule has 0 spiro atoms. The summed E-state index contributed by atoms with van der Waals surface area (Å²) >= 11 is 0. The van der Waals surface area contributed by atoms with Crippen LogP contribution in [0.4, 0.5) is 0 Å². The topological polar surface area (TPSA) is 70.4 Å². The Morgan fingerprint density at radius 2 is 1.73 bits per heavy atom. The van der Waals surface area contributed by atoms with Crippen molar-refractivity contribution in [3.63, 3.8) is 0 Å². The average molecular weight is 307 g/mol. The summed E-state index contributed by atoms with van der Waals surface area (Å²) in [5.41, 5.74) is -0.515. The predicted octanol–water partition coefficient (Wildman–Crippen LogP) is 1.21. The Hall–Kier alpha value is -1.98. The van der Waals surface area contributed by atoms with E-state index in [1.54, 1.807) is 0 Å². The van der Waals surface area contributed by atoms with E-state index in [-0.39, 0.29) is 5.91 Å². The van der Waals surface area contributed by atoms with E-state index in [1.165, 1.54) is 0 Å².